The van der Waals surface area contributed by atoms with E-state index in [0.29, 0.717) is 5.69 Å². The van der Waals surface area contributed by atoms with Crippen LogP contribution < -0.4 is 0 Å². The van der Waals surface area contributed by atoms with Crippen LogP contribution in [0.25, 0.3) is 0 Å². The van der Waals surface area contributed by atoms with Crippen LogP contribution in [0.4, 0.5) is 0 Å². The van der Waals surface area contributed by atoms with Gasteiger partial charge in [0, 0.05) is 12.2 Å². The van der Waals surface area contributed by atoms with Crippen LogP contribution in [0.2, 0.25) is 0 Å². The third kappa shape index (κ3) is 1.66. The van der Waals surface area contributed by atoms with E-state index in [1.54, 1.807) is 13.3 Å². The molecule has 1 aromatic heterocycles. The number of aryl methyl sites for hydroxylation is 1. The van der Waals surface area contributed by atoms with Crippen molar-refractivity contribution in [3.63, 3.8) is 0 Å². The Balaban J connectivity index is 2.31. The number of ether oxygens (including phenoxy) is 1. The molecule has 1 aliphatic heterocycles. The highest BCUT2D eigenvalue weighted by Crippen LogP contribution is 2.18. The van der Waals surface area contributed by atoms with E-state index >= 15 is 0 Å². The Hall–Kier alpha value is -1.85. The largest absolute Gasteiger partial charge is 0.461 e. The molecule has 0 spiro atoms. The molecule has 2 rings (SSSR count). The summed E-state index contributed by atoms with van der Waals surface area (Å²) in [5.74, 6) is -0.640. The van der Waals surface area contributed by atoms with E-state index < -0.39 is 5.97 Å². The van der Waals surface area contributed by atoms with Crippen molar-refractivity contribution in [1.29, 1.82) is 0 Å². The van der Waals surface area contributed by atoms with Gasteiger partial charge in [-0.3, -0.25) is 0 Å². The van der Waals surface area contributed by atoms with Crippen molar-refractivity contribution in [3.8, 4) is 0 Å². The molecule has 0 bridgehead atoms. The number of hydrogen-bond donors (Lipinski definition) is 1. The number of fused-ring (bicyclic) bond motifs is 1. The maximum Gasteiger partial charge on any atom is 0.362 e. The Labute approximate surface area is 92.5 Å². The first-order chi connectivity index (χ1) is 7.77. The maximum absolute atomic E-state index is 11.5. The summed E-state index contributed by atoms with van der Waals surface area (Å²) in [6, 6.07) is 0. The molecular weight excluding hydrogens is 210 g/mol. The summed E-state index contributed by atoms with van der Waals surface area (Å²) in [6.07, 6.45) is 3.52. The number of imidazole rings is 1. The first-order valence-electron chi connectivity index (χ1n) is 5.21. The van der Waals surface area contributed by atoms with Crippen LogP contribution in [0.3, 0.4) is 0 Å². The second-order valence-electron chi connectivity index (χ2n) is 3.51. The van der Waals surface area contributed by atoms with Gasteiger partial charge in [0.05, 0.1) is 12.9 Å². The van der Waals surface area contributed by atoms with Crippen LogP contribution in [0, 0.1) is 0 Å². The lowest BCUT2D eigenvalue weighted by Gasteiger charge is -2.02. The molecule has 0 fully saturated rings. The molecule has 6 heteroatoms. The number of carbonyl (C=O) groups is 1. The molecule has 0 saturated heterocycles. The molecule has 1 N–H and O–H groups in total. The van der Waals surface area contributed by atoms with Gasteiger partial charge in [-0.25, -0.2) is 9.78 Å². The predicted molar refractivity (Wildman–Crippen MR) is 55.5 cm³/mol. The smallest absolute Gasteiger partial charge is 0.362 e. The van der Waals surface area contributed by atoms with Crippen molar-refractivity contribution in [2.75, 3.05) is 6.61 Å². The molecule has 0 saturated carbocycles. The molecule has 86 valence electrons. The van der Waals surface area contributed by atoms with E-state index in [-0.39, 0.29) is 12.3 Å². The SMILES string of the molecule is CCOC(=O)C(=NO)c1ncn2c1CCC2. The van der Waals surface area contributed by atoms with Crippen LogP contribution in [0.15, 0.2) is 11.5 Å². The van der Waals surface area contributed by atoms with Crippen molar-refractivity contribution in [2.24, 2.45) is 5.16 Å². The quantitative estimate of drug-likeness (QED) is 0.352. The van der Waals surface area contributed by atoms with Crippen molar-refractivity contribution >= 4 is 11.7 Å². The predicted octanol–water partition coefficient (Wildman–Crippen LogP) is 0.571. The van der Waals surface area contributed by atoms with Crippen LogP contribution in [0.5, 0.6) is 0 Å². The van der Waals surface area contributed by atoms with Crippen molar-refractivity contribution in [2.45, 2.75) is 26.3 Å². The van der Waals surface area contributed by atoms with E-state index in [2.05, 4.69) is 10.1 Å². The van der Waals surface area contributed by atoms with E-state index in [1.165, 1.54) is 0 Å². The molecule has 16 heavy (non-hydrogen) atoms. The minimum absolute atomic E-state index is 0.113. The van der Waals surface area contributed by atoms with Gasteiger partial charge in [0.1, 0.15) is 5.69 Å². The third-order valence-electron chi connectivity index (χ3n) is 2.55. The lowest BCUT2D eigenvalue weighted by molar-refractivity contribution is -0.135. The average molecular weight is 223 g/mol. The highest BCUT2D eigenvalue weighted by atomic mass is 16.5. The Kier molecular flexibility index (Phi) is 2.89. The zero-order valence-corrected chi connectivity index (χ0v) is 9.01. The second kappa shape index (κ2) is 4.34. The number of hydrogen-bond acceptors (Lipinski definition) is 5. The zero-order valence-electron chi connectivity index (χ0n) is 9.01. The van der Waals surface area contributed by atoms with Gasteiger partial charge in [0.2, 0.25) is 5.71 Å². The van der Waals surface area contributed by atoms with E-state index in [9.17, 15) is 4.79 Å². The Morgan fingerprint density at radius 1 is 1.75 bits per heavy atom. The molecule has 1 aliphatic rings. The first kappa shape index (κ1) is 10.7. The van der Waals surface area contributed by atoms with Gasteiger partial charge in [-0.2, -0.15) is 0 Å². The fraction of sp³-hybridized carbons (Fsp3) is 0.500. The van der Waals surface area contributed by atoms with Crippen molar-refractivity contribution in [3.05, 3.63) is 17.7 Å². The summed E-state index contributed by atoms with van der Waals surface area (Å²) in [5, 5.41) is 11.9. The molecule has 0 amide bonds. The third-order valence-corrected chi connectivity index (χ3v) is 2.55. The summed E-state index contributed by atoms with van der Waals surface area (Å²) in [6.45, 7) is 2.84. The second-order valence-corrected chi connectivity index (χ2v) is 3.51. The van der Waals surface area contributed by atoms with E-state index in [4.69, 9.17) is 9.94 Å². The summed E-state index contributed by atoms with van der Waals surface area (Å²) in [5.41, 5.74) is 1.25. The van der Waals surface area contributed by atoms with Crippen LogP contribution >= 0.6 is 0 Å². The number of nitrogens with zero attached hydrogens (tertiary/aromatic N) is 3. The standard InChI is InChI=1S/C10H13N3O3/c1-2-16-10(14)9(12-15)8-7-4-3-5-13(7)6-11-8/h6,15H,2-5H2,1H3. The molecule has 2 heterocycles. The van der Waals surface area contributed by atoms with Gasteiger partial charge in [-0.15, -0.1) is 0 Å². The highest BCUT2D eigenvalue weighted by Gasteiger charge is 2.25. The summed E-state index contributed by atoms with van der Waals surface area (Å²) >= 11 is 0. The van der Waals surface area contributed by atoms with Crippen LogP contribution in [-0.2, 0) is 22.5 Å². The number of esters is 1. The minimum atomic E-state index is -0.640. The van der Waals surface area contributed by atoms with Gasteiger partial charge in [-0.1, -0.05) is 5.16 Å². The summed E-state index contributed by atoms with van der Waals surface area (Å²) in [7, 11) is 0. The van der Waals surface area contributed by atoms with E-state index in [0.717, 1.165) is 25.1 Å². The Bertz CT molecular complexity index is 437. The first-order valence-corrected chi connectivity index (χ1v) is 5.21. The zero-order chi connectivity index (χ0) is 11.5. The highest BCUT2D eigenvalue weighted by molar-refractivity contribution is 6.42. The van der Waals surface area contributed by atoms with Gasteiger partial charge >= 0.3 is 5.97 Å². The summed E-state index contributed by atoms with van der Waals surface area (Å²) in [4.78, 5) is 15.6. The number of aromatic nitrogens is 2. The van der Waals surface area contributed by atoms with Gasteiger partial charge < -0.3 is 14.5 Å². The van der Waals surface area contributed by atoms with Gasteiger partial charge in [-0.05, 0) is 19.8 Å². The number of rotatable bonds is 3. The normalized spacial score (nSPS) is 14.9. The Morgan fingerprint density at radius 3 is 3.25 bits per heavy atom. The molecular formula is C10H13N3O3. The maximum atomic E-state index is 11.5. The molecule has 0 radical (unpaired) electrons. The van der Waals surface area contributed by atoms with Crippen molar-refractivity contribution in [1.82, 2.24) is 9.55 Å². The molecule has 0 unspecified atom stereocenters. The Morgan fingerprint density at radius 2 is 2.56 bits per heavy atom. The topological polar surface area (TPSA) is 76.7 Å². The molecule has 0 atom stereocenters. The molecule has 0 aromatic carbocycles. The fourth-order valence-corrected chi connectivity index (χ4v) is 1.86. The number of oxime groups is 1. The average Bonchev–Trinajstić information content (AvgIpc) is 2.83. The molecule has 0 aliphatic carbocycles. The van der Waals surface area contributed by atoms with E-state index in [1.807, 2.05) is 4.57 Å². The van der Waals surface area contributed by atoms with Crippen molar-refractivity contribution < 1.29 is 14.7 Å². The monoisotopic (exact) mass is 223 g/mol. The van der Waals surface area contributed by atoms with Gasteiger partial charge in [0.25, 0.3) is 0 Å². The lowest BCUT2D eigenvalue weighted by Crippen LogP contribution is -2.20. The molecule has 6 nitrogen and oxygen atoms in total. The molecule has 1 aromatic rings. The van der Waals surface area contributed by atoms with Crippen LogP contribution in [0.1, 0.15) is 24.7 Å². The van der Waals surface area contributed by atoms with Gasteiger partial charge in [0.15, 0.2) is 0 Å². The summed E-state index contributed by atoms with van der Waals surface area (Å²) < 4.78 is 6.76. The fourth-order valence-electron chi connectivity index (χ4n) is 1.86. The minimum Gasteiger partial charge on any atom is -0.461 e. The van der Waals surface area contributed by atoms with Crippen LogP contribution in [-0.4, -0.2) is 33.0 Å². The number of carbonyl (C=O) groups excluding carboxylic acids is 1. The lowest BCUT2D eigenvalue weighted by atomic mass is 10.2.